The van der Waals surface area contributed by atoms with Gasteiger partial charge in [-0.25, -0.2) is 4.39 Å². The molecule has 4 rings (SSSR count). The molecule has 0 atom stereocenters. The van der Waals surface area contributed by atoms with E-state index in [-0.39, 0.29) is 12.3 Å². The number of nitrogens with one attached hydrogen (secondary N) is 1. The van der Waals surface area contributed by atoms with Crippen molar-refractivity contribution >= 4 is 45.9 Å². The maximum atomic E-state index is 13.6. The van der Waals surface area contributed by atoms with E-state index < -0.39 is 11.7 Å². The molecule has 0 fully saturated rings. The lowest BCUT2D eigenvalue weighted by Crippen LogP contribution is -2.20. The number of para-hydroxylation sites is 1. The highest BCUT2D eigenvalue weighted by atomic mass is 35.5. The van der Waals surface area contributed by atoms with Crippen molar-refractivity contribution in [2.75, 3.05) is 11.9 Å². The summed E-state index contributed by atoms with van der Waals surface area (Å²) in [6, 6.07) is 25.2. The van der Waals surface area contributed by atoms with Crippen molar-refractivity contribution in [3.05, 3.63) is 101 Å². The highest BCUT2D eigenvalue weighted by Gasteiger charge is 2.09. The highest BCUT2D eigenvalue weighted by molar-refractivity contribution is 6.32. The van der Waals surface area contributed by atoms with Crippen molar-refractivity contribution in [3.8, 4) is 5.75 Å². The van der Waals surface area contributed by atoms with E-state index in [1.165, 1.54) is 12.1 Å². The van der Waals surface area contributed by atoms with Crippen LogP contribution < -0.4 is 10.1 Å². The van der Waals surface area contributed by atoms with Gasteiger partial charge in [0.1, 0.15) is 11.6 Å². The van der Waals surface area contributed by atoms with E-state index >= 15 is 0 Å². The van der Waals surface area contributed by atoms with Crippen molar-refractivity contribution in [2.45, 2.75) is 0 Å². The minimum atomic E-state index is -0.510. The summed E-state index contributed by atoms with van der Waals surface area (Å²) < 4.78 is 19.1. The quantitative estimate of drug-likeness (QED) is 0.358. The number of benzene rings is 4. The van der Waals surface area contributed by atoms with Gasteiger partial charge in [0.2, 0.25) is 0 Å². The van der Waals surface area contributed by atoms with Gasteiger partial charge in [0.05, 0.1) is 16.4 Å². The van der Waals surface area contributed by atoms with Crippen molar-refractivity contribution in [1.29, 1.82) is 0 Å². The number of rotatable bonds is 6. The summed E-state index contributed by atoms with van der Waals surface area (Å²) in [5, 5.41) is 5.08. The number of nitrogens with zero attached hydrogens (tertiary/aromatic N) is 1. The number of ether oxygens (including phenoxy) is 1. The molecule has 0 unspecified atom stereocenters. The molecular weight excluding hydrogens is 415 g/mol. The zero-order valence-electron chi connectivity index (χ0n) is 16.4. The lowest BCUT2D eigenvalue weighted by atomic mass is 10.1. The Morgan fingerprint density at radius 2 is 1.74 bits per heavy atom. The number of carbonyl (C=O) groups excluding carboxylic acids is 1. The number of hydrogen-bond donors (Lipinski definition) is 1. The van der Waals surface area contributed by atoms with Crippen LogP contribution in [0.4, 0.5) is 15.8 Å². The number of anilines is 1. The standard InChI is InChI=1S/C25H18ClFN2O2/c26-21-13-17(15-28-20-11-10-18-5-1-2-6-19(18)14-20)9-12-24(21)31-16-25(30)29-23-8-4-3-7-22(23)27/h1-15H,16H2,(H,29,30). The van der Waals surface area contributed by atoms with Gasteiger partial charge >= 0.3 is 0 Å². The summed E-state index contributed by atoms with van der Waals surface area (Å²) in [7, 11) is 0. The van der Waals surface area contributed by atoms with E-state index in [1.54, 1.807) is 36.5 Å². The minimum absolute atomic E-state index is 0.0995. The van der Waals surface area contributed by atoms with Gasteiger partial charge in [0.25, 0.3) is 5.91 Å². The zero-order valence-corrected chi connectivity index (χ0v) is 17.1. The molecule has 1 amide bonds. The molecule has 4 aromatic rings. The summed E-state index contributed by atoms with van der Waals surface area (Å²) in [4.78, 5) is 16.5. The Morgan fingerprint density at radius 3 is 2.55 bits per heavy atom. The van der Waals surface area contributed by atoms with Crippen molar-refractivity contribution in [3.63, 3.8) is 0 Å². The van der Waals surface area contributed by atoms with Crippen LogP contribution in [0.3, 0.4) is 0 Å². The van der Waals surface area contributed by atoms with Crippen LogP contribution in [0.15, 0.2) is 89.9 Å². The molecule has 0 aliphatic rings. The van der Waals surface area contributed by atoms with Crippen LogP contribution in [0.1, 0.15) is 5.56 Å². The van der Waals surface area contributed by atoms with Gasteiger partial charge in [-0.15, -0.1) is 0 Å². The van der Waals surface area contributed by atoms with Crippen LogP contribution in [-0.4, -0.2) is 18.7 Å². The Hall–Kier alpha value is -3.70. The van der Waals surface area contributed by atoms with Gasteiger partial charge in [0.15, 0.2) is 6.61 Å². The lowest BCUT2D eigenvalue weighted by molar-refractivity contribution is -0.118. The van der Waals surface area contributed by atoms with E-state index in [2.05, 4.69) is 16.4 Å². The topological polar surface area (TPSA) is 50.7 Å². The van der Waals surface area contributed by atoms with E-state index in [1.807, 2.05) is 36.4 Å². The van der Waals surface area contributed by atoms with Crippen LogP contribution in [0.5, 0.6) is 5.75 Å². The molecule has 0 spiro atoms. The first kappa shape index (κ1) is 20.6. The molecule has 4 nitrogen and oxygen atoms in total. The first-order chi connectivity index (χ1) is 15.1. The fraction of sp³-hybridized carbons (Fsp3) is 0.0400. The van der Waals surface area contributed by atoms with Crippen molar-refractivity contribution in [1.82, 2.24) is 0 Å². The summed E-state index contributed by atoms with van der Waals surface area (Å²) >= 11 is 6.28. The predicted octanol–water partition coefficient (Wildman–Crippen LogP) is 6.40. The molecule has 0 radical (unpaired) electrons. The van der Waals surface area contributed by atoms with Gasteiger partial charge in [-0.05, 0) is 58.8 Å². The molecule has 31 heavy (non-hydrogen) atoms. The molecule has 4 aromatic carbocycles. The molecule has 0 saturated heterocycles. The molecule has 6 heteroatoms. The van der Waals surface area contributed by atoms with Gasteiger partial charge in [-0.1, -0.05) is 54.1 Å². The number of carbonyl (C=O) groups is 1. The molecule has 0 aromatic heterocycles. The number of amides is 1. The summed E-state index contributed by atoms with van der Waals surface area (Å²) in [6.07, 6.45) is 1.71. The third-order valence-corrected chi connectivity index (χ3v) is 4.85. The number of hydrogen-bond acceptors (Lipinski definition) is 3. The molecule has 0 bridgehead atoms. The predicted molar refractivity (Wildman–Crippen MR) is 123 cm³/mol. The molecule has 0 aliphatic carbocycles. The van der Waals surface area contributed by atoms with Crippen LogP contribution in [0, 0.1) is 5.82 Å². The molecule has 0 heterocycles. The van der Waals surface area contributed by atoms with E-state index in [0.29, 0.717) is 10.8 Å². The second-order valence-corrected chi connectivity index (χ2v) is 7.20. The average molecular weight is 433 g/mol. The number of fused-ring (bicyclic) bond motifs is 1. The molecule has 0 aliphatic heterocycles. The Bertz CT molecular complexity index is 1270. The van der Waals surface area contributed by atoms with Crippen molar-refractivity contribution in [2.24, 2.45) is 4.99 Å². The normalized spacial score (nSPS) is 11.0. The third kappa shape index (κ3) is 5.27. The van der Waals surface area contributed by atoms with E-state index in [9.17, 15) is 9.18 Å². The van der Waals surface area contributed by atoms with Gasteiger partial charge < -0.3 is 10.1 Å². The molecule has 0 saturated carbocycles. The van der Waals surface area contributed by atoms with Crippen molar-refractivity contribution < 1.29 is 13.9 Å². The maximum absolute atomic E-state index is 13.6. The van der Waals surface area contributed by atoms with Crippen LogP contribution in [0.25, 0.3) is 10.8 Å². The van der Waals surface area contributed by atoms with Crippen LogP contribution in [0.2, 0.25) is 5.02 Å². The number of halogens is 2. The Kier molecular flexibility index (Phi) is 6.24. The molecule has 154 valence electrons. The summed E-state index contributed by atoms with van der Waals surface area (Å²) in [5.41, 5.74) is 1.73. The van der Waals surface area contributed by atoms with Gasteiger partial charge in [0, 0.05) is 6.21 Å². The van der Waals surface area contributed by atoms with E-state index in [4.69, 9.17) is 16.3 Å². The fourth-order valence-corrected chi connectivity index (χ4v) is 3.26. The first-order valence-corrected chi connectivity index (χ1v) is 9.96. The van der Waals surface area contributed by atoms with Gasteiger partial charge in [-0.3, -0.25) is 9.79 Å². The van der Waals surface area contributed by atoms with Crippen LogP contribution >= 0.6 is 11.6 Å². The Balaban J connectivity index is 1.38. The summed E-state index contributed by atoms with van der Waals surface area (Å²) in [5.74, 6) is -0.639. The van der Waals surface area contributed by atoms with Crippen LogP contribution in [-0.2, 0) is 4.79 Å². The van der Waals surface area contributed by atoms with Gasteiger partial charge in [-0.2, -0.15) is 0 Å². The Labute approximate surface area is 184 Å². The highest BCUT2D eigenvalue weighted by Crippen LogP contribution is 2.26. The smallest absolute Gasteiger partial charge is 0.262 e. The summed E-state index contributed by atoms with van der Waals surface area (Å²) in [6.45, 7) is -0.293. The first-order valence-electron chi connectivity index (χ1n) is 9.58. The third-order valence-electron chi connectivity index (χ3n) is 4.56. The largest absolute Gasteiger partial charge is 0.482 e. The monoisotopic (exact) mass is 432 g/mol. The SMILES string of the molecule is O=C(COc1ccc(C=Nc2ccc3ccccc3c2)cc1Cl)Nc1ccccc1F. The average Bonchev–Trinajstić information content (AvgIpc) is 2.78. The second kappa shape index (κ2) is 9.41. The minimum Gasteiger partial charge on any atom is -0.482 e. The fourth-order valence-electron chi connectivity index (χ4n) is 3.01. The lowest BCUT2D eigenvalue weighted by Gasteiger charge is -2.09. The second-order valence-electron chi connectivity index (χ2n) is 6.80. The maximum Gasteiger partial charge on any atom is 0.262 e. The number of aliphatic imine (C=N–C) groups is 1. The zero-order chi connectivity index (χ0) is 21.6. The molecule has 1 N–H and O–H groups in total. The Morgan fingerprint density at radius 1 is 0.968 bits per heavy atom. The molecular formula is C25H18ClFN2O2. The van der Waals surface area contributed by atoms with E-state index in [0.717, 1.165) is 22.0 Å².